The van der Waals surface area contributed by atoms with Crippen LogP contribution in [0.5, 0.6) is 0 Å². The zero-order valence-electron chi connectivity index (χ0n) is 17.1. The van der Waals surface area contributed by atoms with Crippen molar-refractivity contribution in [1.82, 2.24) is 29.8 Å². The lowest BCUT2D eigenvalue weighted by Gasteiger charge is -2.26. The Balaban J connectivity index is 1.51. The first kappa shape index (κ1) is 20.1. The van der Waals surface area contributed by atoms with Crippen LogP contribution < -0.4 is 0 Å². The largest absolute Gasteiger partial charge is 0.338 e. The first-order valence-corrected chi connectivity index (χ1v) is 11.3. The van der Waals surface area contributed by atoms with Crippen molar-refractivity contribution in [2.24, 2.45) is 0 Å². The Labute approximate surface area is 175 Å². The van der Waals surface area contributed by atoms with Crippen LogP contribution in [-0.2, 0) is 18.8 Å². The Morgan fingerprint density at radius 2 is 1.83 bits per heavy atom. The zero-order valence-corrected chi connectivity index (χ0v) is 17.9. The van der Waals surface area contributed by atoms with Gasteiger partial charge >= 0.3 is 0 Å². The van der Waals surface area contributed by atoms with Gasteiger partial charge in [-0.3, -0.25) is 4.90 Å². The van der Waals surface area contributed by atoms with E-state index in [1.807, 2.05) is 6.07 Å². The van der Waals surface area contributed by atoms with Crippen LogP contribution in [0.25, 0.3) is 0 Å². The molecule has 0 amide bonds. The van der Waals surface area contributed by atoms with Gasteiger partial charge < -0.3 is 9.09 Å². The summed E-state index contributed by atoms with van der Waals surface area (Å²) in [6.07, 6.45) is 3.87. The van der Waals surface area contributed by atoms with E-state index >= 15 is 0 Å². The second-order valence-electron chi connectivity index (χ2n) is 7.80. The molecule has 0 atom stereocenters. The maximum atomic E-state index is 5.39. The third kappa shape index (κ3) is 5.25. The number of benzene rings is 1. The lowest BCUT2D eigenvalue weighted by molar-refractivity contribution is 0.213. The van der Waals surface area contributed by atoms with Crippen LogP contribution in [0.1, 0.15) is 62.1 Å². The van der Waals surface area contributed by atoms with Gasteiger partial charge in [0.25, 0.3) is 0 Å². The highest BCUT2D eigenvalue weighted by molar-refractivity contribution is 7.98. The second kappa shape index (κ2) is 9.54. The lowest BCUT2D eigenvalue weighted by Crippen LogP contribution is -2.30. The molecule has 154 valence electrons. The number of thioether (sulfide) groups is 1. The van der Waals surface area contributed by atoms with Crippen LogP contribution in [0.3, 0.4) is 0 Å². The van der Waals surface area contributed by atoms with E-state index in [2.05, 4.69) is 67.9 Å². The highest BCUT2D eigenvalue weighted by atomic mass is 32.2. The summed E-state index contributed by atoms with van der Waals surface area (Å²) >= 11 is 1.60. The van der Waals surface area contributed by atoms with E-state index in [1.54, 1.807) is 11.8 Å². The van der Waals surface area contributed by atoms with Gasteiger partial charge in [0, 0.05) is 5.92 Å². The Bertz CT molecular complexity index is 901. The third-order valence-corrected chi connectivity index (χ3v) is 6.07. The summed E-state index contributed by atoms with van der Waals surface area (Å²) in [7, 11) is 0. The van der Waals surface area contributed by atoms with E-state index in [4.69, 9.17) is 4.52 Å². The summed E-state index contributed by atoms with van der Waals surface area (Å²) in [6, 6.07) is 10.5. The van der Waals surface area contributed by atoms with Crippen LogP contribution in [0.2, 0.25) is 0 Å². The van der Waals surface area contributed by atoms with Crippen molar-refractivity contribution in [2.75, 3.05) is 13.1 Å². The van der Waals surface area contributed by atoms with Crippen molar-refractivity contribution in [3.63, 3.8) is 0 Å². The molecule has 7 nitrogen and oxygen atoms in total. The third-order valence-electron chi connectivity index (χ3n) is 5.12. The summed E-state index contributed by atoms with van der Waals surface area (Å²) in [5.41, 5.74) is 1.24. The summed E-state index contributed by atoms with van der Waals surface area (Å²) in [4.78, 5) is 6.96. The van der Waals surface area contributed by atoms with Gasteiger partial charge in [-0.15, -0.1) is 10.2 Å². The molecule has 1 aliphatic heterocycles. The molecular formula is C21H28N6OS. The van der Waals surface area contributed by atoms with E-state index in [9.17, 15) is 0 Å². The molecule has 0 bridgehead atoms. The van der Waals surface area contributed by atoms with E-state index in [0.717, 1.165) is 43.0 Å². The minimum atomic E-state index is 0.260. The molecule has 8 heteroatoms. The summed E-state index contributed by atoms with van der Waals surface area (Å²) in [6.45, 7) is 8.01. The van der Waals surface area contributed by atoms with Gasteiger partial charge in [0.1, 0.15) is 5.82 Å². The summed E-state index contributed by atoms with van der Waals surface area (Å²) in [5.74, 6) is 3.25. The fourth-order valence-electron chi connectivity index (χ4n) is 3.47. The number of piperidine rings is 1. The van der Waals surface area contributed by atoms with Crippen molar-refractivity contribution in [3.05, 3.63) is 53.4 Å². The first-order chi connectivity index (χ1) is 14.2. The SMILES string of the molecule is CC(C)c1noc(CSc2nnc(CN3CCCCC3)n2Cc2ccccc2)n1. The summed E-state index contributed by atoms with van der Waals surface area (Å²) in [5, 5.41) is 14.0. The minimum absolute atomic E-state index is 0.260. The quantitative estimate of drug-likeness (QED) is 0.516. The number of nitrogens with zero attached hydrogens (tertiary/aromatic N) is 6. The Kier molecular flexibility index (Phi) is 6.61. The van der Waals surface area contributed by atoms with Gasteiger partial charge in [0.05, 0.1) is 18.8 Å². The lowest BCUT2D eigenvalue weighted by atomic mass is 10.1. The molecule has 3 heterocycles. The average molecular weight is 413 g/mol. The minimum Gasteiger partial charge on any atom is -0.338 e. The van der Waals surface area contributed by atoms with Gasteiger partial charge in [-0.2, -0.15) is 4.98 Å². The van der Waals surface area contributed by atoms with Crippen molar-refractivity contribution in [2.45, 2.75) is 63.0 Å². The molecule has 1 aromatic carbocycles. The number of hydrogen-bond acceptors (Lipinski definition) is 7. The maximum Gasteiger partial charge on any atom is 0.237 e. The van der Waals surface area contributed by atoms with Crippen LogP contribution in [0.15, 0.2) is 40.0 Å². The van der Waals surface area contributed by atoms with Crippen molar-refractivity contribution in [3.8, 4) is 0 Å². The van der Waals surface area contributed by atoms with Crippen LogP contribution in [0, 0.1) is 0 Å². The fourth-order valence-corrected chi connectivity index (χ4v) is 4.27. The Morgan fingerprint density at radius 3 is 2.55 bits per heavy atom. The van der Waals surface area contributed by atoms with Crippen molar-refractivity contribution in [1.29, 1.82) is 0 Å². The highest BCUT2D eigenvalue weighted by Gasteiger charge is 2.19. The molecular weight excluding hydrogens is 384 g/mol. The molecule has 1 aliphatic rings. The topological polar surface area (TPSA) is 72.9 Å². The van der Waals surface area contributed by atoms with Gasteiger partial charge in [0.2, 0.25) is 5.89 Å². The number of rotatable bonds is 8. The van der Waals surface area contributed by atoms with Gasteiger partial charge in [-0.05, 0) is 31.5 Å². The molecule has 0 radical (unpaired) electrons. The molecule has 0 saturated carbocycles. The standard InChI is InChI=1S/C21H28N6OS/c1-16(2)20-22-19(28-25-20)15-29-21-24-23-18(14-26-11-7-4-8-12-26)27(21)13-17-9-5-3-6-10-17/h3,5-6,9-10,16H,4,7-8,11-15H2,1-2H3. The van der Waals surface area contributed by atoms with E-state index < -0.39 is 0 Å². The monoisotopic (exact) mass is 412 g/mol. The molecule has 29 heavy (non-hydrogen) atoms. The fraction of sp³-hybridized carbons (Fsp3) is 0.524. The predicted molar refractivity (Wildman–Crippen MR) is 113 cm³/mol. The molecule has 2 aromatic heterocycles. The van der Waals surface area contributed by atoms with Crippen molar-refractivity contribution >= 4 is 11.8 Å². The molecule has 0 spiro atoms. The van der Waals surface area contributed by atoms with Gasteiger partial charge in [-0.1, -0.05) is 67.5 Å². The average Bonchev–Trinajstić information content (AvgIpc) is 3.36. The number of aromatic nitrogens is 5. The molecule has 0 aliphatic carbocycles. The smallest absolute Gasteiger partial charge is 0.237 e. The highest BCUT2D eigenvalue weighted by Crippen LogP contribution is 2.24. The molecule has 0 unspecified atom stereocenters. The molecule has 1 saturated heterocycles. The van der Waals surface area contributed by atoms with Crippen LogP contribution >= 0.6 is 11.8 Å². The van der Waals surface area contributed by atoms with E-state index in [1.165, 1.54) is 24.8 Å². The zero-order chi connectivity index (χ0) is 20.1. The normalized spacial score (nSPS) is 15.3. The van der Waals surface area contributed by atoms with Gasteiger partial charge in [0.15, 0.2) is 11.0 Å². The number of hydrogen-bond donors (Lipinski definition) is 0. The van der Waals surface area contributed by atoms with Gasteiger partial charge in [-0.25, -0.2) is 0 Å². The van der Waals surface area contributed by atoms with Crippen LogP contribution in [-0.4, -0.2) is 42.9 Å². The molecule has 0 N–H and O–H groups in total. The number of likely N-dealkylation sites (tertiary alicyclic amines) is 1. The van der Waals surface area contributed by atoms with Crippen LogP contribution in [0.4, 0.5) is 0 Å². The van der Waals surface area contributed by atoms with Crippen molar-refractivity contribution < 1.29 is 4.52 Å². The Hall–Kier alpha value is -2.19. The molecule has 3 aromatic rings. The molecule has 4 rings (SSSR count). The summed E-state index contributed by atoms with van der Waals surface area (Å²) < 4.78 is 7.62. The van der Waals surface area contributed by atoms with E-state index in [0.29, 0.717) is 11.6 Å². The Morgan fingerprint density at radius 1 is 1.03 bits per heavy atom. The molecule has 1 fully saturated rings. The predicted octanol–water partition coefficient (Wildman–Crippen LogP) is 4.11. The maximum absolute atomic E-state index is 5.39. The first-order valence-electron chi connectivity index (χ1n) is 10.3. The second-order valence-corrected chi connectivity index (χ2v) is 8.74. The van der Waals surface area contributed by atoms with E-state index in [-0.39, 0.29) is 5.92 Å².